The lowest BCUT2D eigenvalue weighted by Gasteiger charge is -2.13. The van der Waals surface area contributed by atoms with Gasteiger partial charge in [-0.2, -0.15) is 0 Å². The lowest BCUT2D eigenvalue weighted by molar-refractivity contribution is 0.441. The van der Waals surface area contributed by atoms with Crippen molar-refractivity contribution in [2.24, 2.45) is 0 Å². The van der Waals surface area contributed by atoms with E-state index in [2.05, 4.69) is 4.72 Å². The minimum absolute atomic E-state index is 0.149. The van der Waals surface area contributed by atoms with E-state index in [0.717, 1.165) is 5.76 Å². The van der Waals surface area contributed by atoms with Gasteiger partial charge in [-0.05, 0) is 37.6 Å². The molecule has 2 rings (SSSR count). The first-order chi connectivity index (χ1) is 9.37. The monoisotopic (exact) mass is 294 g/mol. The normalized spacial score (nSPS) is 13.3. The van der Waals surface area contributed by atoms with E-state index >= 15 is 0 Å². The fourth-order valence-corrected chi connectivity index (χ4v) is 3.34. The average Bonchev–Trinajstić information content (AvgIpc) is 2.78. The van der Waals surface area contributed by atoms with Crippen LogP contribution in [0.3, 0.4) is 0 Å². The largest absolute Gasteiger partial charge is 0.465 e. The predicted octanol–water partition coefficient (Wildman–Crippen LogP) is 2.35. The molecule has 0 saturated heterocycles. The first-order valence-corrected chi connectivity index (χ1v) is 7.92. The van der Waals surface area contributed by atoms with Gasteiger partial charge in [0.1, 0.15) is 11.5 Å². The minimum atomic E-state index is -3.49. The second kappa shape index (κ2) is 5.68. The molecule has 0 bridgehead atoms. The van der Waals surface area contributed by atoms with Gasteiger partial charge < -0.3 is 10.2 Å². The van der Waals surface area contributed by atoms with E-state index in [1.165, 1.54) is 0 Å². The smallest absolute Gasteiger partial charge is 0.216 e. The van der Waals surface area contributed by atoms with Crippen molar-refractivity contribution >= 4 is 15.7 Å². The first kappa shape index (κ1) is 14.6. The number of hydrogen-bond donors (Lipinski definition) is 2. The predicted molar refractivity (Wildman–Crippen MR) is 78.5 cm³/mol. The third-order valence-electron chi connectivity index (χ3n) is 2.94. The Balaban J connectivity index is 2.10. The van der Waals surface area contributed by atoms with Crippen LogP contribution >= 0.6 is 0 Å². The highest BCUT2D eigenvalue weighted by Crippen LogP contribution is 2.19. The molecule has 6 heteroatoms. The summed E-state index contributed by atoms with van der Waals surface area (Å²) in [6.07, 6.45) is 0. The SMILES string of the molecule is Cc1ccc(C(C)NS(=O)(=O)Cc2ccccc2N)o1. The molecular formula is C14H18N2O3S. The number of nitrogen functional groups attached to an aromatic ring is 1. The summed E-state index contributed by atoms with van der Waals surface area (Å²) in [6, 6.07) is 10.1. The van der Waals surface area contributed by atoms with Gasteiger partial charge in [0.15, 0.2) is 0 Å². The highest BCUT2D eigenvalue weighted by molar-refractivity contribution is 7.88. The zero-order valence-electron chi connectivity index (χ0n) is 11.5. The topological polar surface area (TPSA) is 85.3 Å². The van der Waals surface area contributed by atoms with Crippen LogP contribution in [-0.2, 0) is 15.8 Å². The van der Waals surface area contributed by atoms with Crippen LogP contribution in [0, 0.1) is 6.92 Å². The number of nitrogens with one attached hydrogen (secondary N) is 1. The van der Waals surface area contributed by atoms with Crippen LogP contribution in [0.25, 0.3) is 0 Å². The van der Waals surface area contributed by atoms with Crippen LogP contribution in [0.4, 0.5) is 5.69 Å². The molecular weight excluding hydrogens is 276 g/mol. The minimum Gasteiger partial charge on any atom is -0.465 e. The van der Waals surface area contributed by atoms with Gasteiger partial charge in [-0.15, -0.1) is 0 Å². The standard InChI is InChI=1S/C14H18N2O3S/c1-10-7-8-14(19-10)11(2)16-20(17,18)9-12-5-3-4-6-13(12)15/h3-8,11,16H,9,15H2,1-2H3. The molecule has 0 spiro atoms. The molecule has 20 heavy (non-hydrogen) atoms. The maximum absolute atomic E-state index is 12.1. The van der Waals surface area contributed by atoms with Crippen LogP contribution < -0.4 is 10.5 Å². The number of anilines is 1. The van der Waals surface area contributed by atoms with E-state index in [-0.39, 0.29) is 5.75 Å². The summed E-state index contributed by atoms with van der Waals surface area (Å²) >= 11 is 0. The molecule has 2 aromatic rings. The molecule has 0 saturated carbocycles. The highest BCUT2D eigenvalue weighted by Gasteiger charge is 2.19. The summed E-state index contributed by atoms with van der Waals surface area (Å²) in [5.41, 5.74) is 6.82. The lowest BCUT2D eigenvalue weighted by atomic mass is 10.2. The maximum atomic E-state index is 12.1. The Kier molecular flexibility index (Phi) is 4.15. The van der Waals surface area contributed by atoms with E-state index in [0.29, 0.717) is 17.0 Å². The molecule has 1 unspecified atom stereocenters. The molecule has 1 aromatic carbocycles. The van der Waals surface area contributed by atoms with Crippen molar-refractivity contribution in [2.45, 2.75) is 25.6 Å². The van der Waals surface area contributed by atoms with E-state index in [1.807, 2.05) is 6.92 Å². The van der Waals surface area contributed by atoms with Crippen molar-refractivity contribution in [3.05, 3.63) is 53.5 Å². The Hall–Kier alpha value is -1.79. The zero-order valence-corrected chi connectivity index (χ0v) is 12.3. The van der Waals surface area contributed by atoms with Crippen molar-refractivity contribution in [3.63, 3.8) is 0 Å². The van der Waals surface area contributed by atoms with E-state index < -0.39 is 16.1 Å². The van der Waals surface area contributed by atoms with Gasteiger partial charge in [0.25, 0.3) is 0 Å². The van der Waals surface area contributed by atoms with Gasteiger partial charge in [0.2, 0.25) is 10.0 Å². The van der Waals surface area contributed by atoms with Crippen molar-refractivity contribution in [3.8, 4) is 0 Å². The first-order valence-electron chi connectivity index (χ1n) is 6.27. The molecule has 108 valence electrons. The fraction of sp³-hybridized carbons (Fsp3) is 0.286. The Morgan fingerprint density at radius 2 is 1.95 bits per heavy atom. The number of para-hydroxylation sites is 1. The molecule has 1 aromatic heterocycles. The third kappa shape index (κ3) is 3.61. The van der Waals surface area contributed by atoms with Crippen molar-refractivity contribution in [1.29, 1.82) is 0 Å². The number of nitrogens with two attached hydrogens (primary N) is 1. The molecule has 0 aliphatic rings. The van der Waals surface area contributed by atoms with Gasteiger partial charge in [-0.3, -0.25) is 0 Å². The number of benzene rings is 1. The second-order valence-corrected chi connectivity index (χ2v) is 6.50. The van der Waals surface area contributed by atoms with Crippen molar-refractivity contribution < 1.29 is 12.8 Å². The number of sulfonamides is 1. The van der Waals surface area contributed by atoms with E-state index in [1.54, 1.807) is 43.3 Å². The van der Waals surface area contributed by atoms with E-state index in [9.17, 15) is 8.42 Å². The number of hydrogen-bond acceptors (Lipinski definition) is 4. The van der Waals surface area contributed by atoms with Gasteiger partial charge in [-0.25, -0.2) is 13.1 Å². The second-order valence-electron chi connectivity index (χ2n) is 4.75. The molecule has 0 radical (unpaired) electrons. The summed E-state index contributed by atoms with van der Waals surface area (Å²) in [6.45, 7) is 3.56. The number of rotatable bonds is 5. The maximum Gasteiger partial charge on any atom is 0.216 e. The average molecular weight is 294 g/mol. The van der Waals surface area contributed by atoms with Crippen molar-refractivity contribution in [2.75, 3.05) is 5.73 Å². The summed E-state index contributed by atoms with van der Waals surface area (Å²) < 4.78 is 32.3. The molecule has 5 nitrogen and oxygen atoms in total. The lowest BCUT2D eigenvalue weighted by Crippen LogP contribution is -2.28. The van der Waals surface area contributed by atoms with Gasteiger partial charge in [-0.1, -0.05) is 18.2 Å². The molecule has 1 heterocycles. The number of furan rings is 1. The summed E-state index contributed by atoms with van der Waals surface area (Å²) in [7, 11) is -3.49. The Morgan fingerprint density at radius 3 is 2.55 bits per heavy atom. The van der Waals surface area contributed by atoms with Gasteiger partial charge >= 0.3 is 0 Å². The van der Waals surface area contributed by atoms with Crippen LogP contribution in [-0.4, -0.2) is 8.42 Å². The third-order valence-corrected chi connectivity index (χ3v) is 4.35. The summed E-state index contributed by atoms with van der Waals surface area (Å²) in [5, 5.41) is 0. The van der Waals surface area contributed by atoms with Crippen LogP contribution in [0.15, 0.2) is 40.8 Å². The summed E-state index contributed by atoms with van der Waals surface area (Å²) in [4.78, 5) is 0. The summed E-state index contributed by atoms with van der Waals surface area (Å²) in [5.74, 6) is 1.19. The molecule has 3 N–H and O–H groups in total. The van der Waals surface area contributed by atoms with Crippen LogP contribution in [0.1, 0.15) is 30.0 Å². The molecule has 0 aliphatic heterocycles. The fourth-order valence-electron chi connectivity index (χ4n) is 1.93. The molecule has 0 fully saturated rings. The molecule has 0 aliphatic carbocycles. The highest BCUT2D eigenvalue weighted by atomic mass is 32.2. The molecule has 0 amide bonds. The van der Waals surface area contributed by atoms with Crippen LogP contribution in [0.5, 0.6) is 0 Å². The van der Waals surface area contributed by atoms with Crippen molar-refractivity contribution in [1.82, 2.24) is 4.72 Å². The quantitative estimate of drug-likeness (QED) is 0.829. The Morgan fingerprint density at radius 1 is 1.25 bits per heavy atom. The molecule has 1 atom stereocenters. The van der Waals surface area contributed by atoms with Gasteiger partial charge in [0, 0.05) is 5.69 Å². The Labute approximate surface area is 118 Å². The Bertz CT molecular complexity index is 692. The zero-order chi connectivity index (χ0) is 14.8. The van der Waals surface area contributed by atoms with E-state index in [4.69, 9.17) is 10.2 Å². The number of aryl methyl sites for hydroxylation is 1. The van der Waals surface area contributed by atoms with Gasteiger partial charge in [0.05, 0.1) is 11.8 Å². The van der Waals surface area contributed by atoms with Crippen LogP contribution in [0.2, 0.25) is 0 Å².